The molecule has 2 aromatic carbocycles. The number of benzene rings is 2. The zero-order valence-electron chi connectivity index (χ0n) is 21.7. The van der Waals surface area contributed by atoms with Gasteiger partial charge in [-0.15, -0.1) is 0 Å². The van der Waals surface area contributed by atoms with Gasteiger partial charge in [-0.1, -0.05) is 31.2 Å². The van der Waals surface area contributed by atoms with Gasteiger partial charge in [-0.3, -0.25) is 9.88 Å². The van der Waals surface area contributed by atoms with E-state index in [4.69, 9.17) is 9.47 Å². The van der Waals surface area contributed by atoms with E-state index >= 15 is 0 Å². The maximum atomic E-state index is 13.7. The smallest absolute Gasteiger partial charge is 0.247 e. The minimum Gasteiger partial charge on any atom is -0.497 e. The Morgan fingerprint density at radius 1 is 1.19 bits per heavy atom. The SMILES string of the molecule is COc1cccc(-c2ccc3c(c2)O[C@@H](CN(C)Cc2cccnc2)[C@@H](C)CN([C@H](C)CO)S3(=O)=O)c1. The minimum atomic E-state index is -3.90. The van der Waals surface area contributed by atoms with Gasteiger partial charge in [0, 0.05) is 44.0 Å². The molecule has 0 spiro atoms. The van der Waals surface area contributed by atoms with E-state index in [9.17, 15) is 13.5 Å². The molecule has 0 radical (unpaired) electrons. The van der Waals surface area contributed by atoms with Crippen molar-refractivity contribution in [2.24, 2.45) is 5.92 Å². The van der Waals surface area contributed by atoms with Crippen LogP contribution in [0, 0.1) is 5.92 Å². The van der Waals surface area contributed by atoms with Gasteiger partial charge in [0.2, 0.25) is 10.0 Å². The molecule has 1 N–H and O–H groups in total. The van der Waals surface area contributed by atoms with Crippen LogP contribution in [-0.4, -0.2) is 73.7 Å². The first kappa shape index (κ1) is 27.1. The number of aliphatic hydroxyl groups is 1. The van der Waals surface area contributed by atoms with Crippen LogP contribution in [0.2, 0.25) is 0 Å². The molecule has 2 heterocycles. The molecule has 0 unspecified atom stereocenters. The fourth-order valence-electron chi connectivity index (χ4n) is 4.60. The zero-order chi connectivity index (χ0) is 26.6. The highest BCUT2D eigenvalue weighted by atomic mass is 32.2. The van der Waals surface area contributed by atoms with Crippen molar-refractivity contribution in [3.05, 3.63) is 72.6 Å². The predicted molar refractivity (Wildman–Crippen MR) is 143 cm³/mol. The summed E-state index contributed by atoms with van der Waals surface area (Å²) in [6.07, 6.45) is 3.30. The lowest BCUT2D eigenvalue weighted by Gasteiger charge is -2.37. The molecule has 0 saturated heterocycles. The van der Waals surface area contributed by atoms with Crippen LogP contribution in [0.1, 0.15) is 19.4 Å². The normalized spacial score (nSPS) is 20.4. The number of fused-ring (bicyclic) bond motifs is 1. The largest absolute Gasteiger partial charge is 0.497 e. The van der Waals surface area contributed by atoms with Gasteiger partial charge in [0.15, 0.2) is 0 Å². The summed E-state index contributed by atoms with van der Waals surface area (Å²) < 4.78 is 40.8. The second-order valence-electron chi connectivity index (χ2n) is 9.69. The van der Waals surface area contributed by atoms with Crippen molar-refractivity contribution >= 4 is 10.0 Å². The van der Waals surface area contributed by atoms with Gasteiger partial charge in [-0.05, 0) is 61.0 Å². The summed E-state index contributed by atoms with van der Waals surface area (Å²) in [5, 5.41) is 9.87. The first-order chi connectivity index (χ1) is 17.7. The van der Waals surface area contributed by atoms with Crippen LogP contribution in [0.25, 0.3) is 11.1 Å². The number of aliphatic hydroxyl groups excluding tert-OH is 1. The van der Waals surface area contributed by atoms with Crippen molar-refractivity contribution in [1.29, 1.82) is 0 Å². The van der Waals surface area contributed by atoms with Gasteiger partial charge < -0.3 is 14.6 Å². The van der Waals surface area contributed by atoms with Crippen LogP contribution in [0.4, 0.5) is 0 Å². The number of hydrogen-bond donors (Lipinski definition) is 1. The molecule has 0 saturated carbocycles. The van der Waals surface area contributed by atoms with E-state index in [1.165, 1.54) is 4.31 Å². The summed E-state index contributed by atoms with van der Waals surface area (Å²) in [6.45, 7) is 4.96. The fourth-order valence-corrected chi connectivity index (χ4v) is 6.43. The van der Waals surface area contributed by atoms with Crippen LogP contribution in [-0.2, 0) is 16.6 Å². The highest BCUT2D eigenvalue weighted by Gasteiger charge is 2.38. The maximum absolute atomic E-state index is 13.7. The van der Waals surface area contributed by atoms with Crippen LogP contribution < -0.4 is 9.47 Å². The maximum Gasteiger partial charge on any atom is 0.247 e. The van der Waals surface area contributed by atoms with Crippen molar-refractivity contribution in [3.63, 3.8) is 0 Å². The van der Waals surface area contributed by atoms with Crippen LogP contribution in [0.15, 0.2) is 71.9 Å². The lowest BCUT2D eigenvalue weighted by atomic mass is 10.0. The topological polar surface area (TPSA) is 92.2 Å². The standard InChI is InChI=1S/C28H35N3O5S/c1-20-16-31(21(2)19-32)37(33,34)28-11-10-24(23-8-5-9-25(13-23)35-4)14-26(28)36-27(20)18-30(3)17-22-7-6-12-29-15-22/h5-15,20-21,27,32H,16-19H2,1-4H3/t20-,21+,27-/m0/s1. The number of aromatic nitrogens is 1. The van der Waals surface area contributed by atoms with Gasteiger partial charge in [0.05, 0.1) is 13.7 Å². The second-order valence-corrected chi connectivity index (χ2v) is 11.6. The third-order valence-electron chi connectivity index (χ3n) is 6.74. The van der Waals surface area contributed by atoms with Crippen molar-refractivity contribution in [2.75, 3.05) is 33.9 Å². The van der Waals surface area contributed by atoms with Crippen molar-refractivity contribution in [2.45, 2.75) is 37.4 Å². The Labute approximate surface area is 219 Å². The predicted octanol–water partition coefficient (Wildman–Crippen LogP) is 3.66. The van der Waals surface area contributed by atoms with Crippen molar-refractivity contribution in [3.8, 4) is 22.6 Å². The number of rotatable bonds is 8. The Hall–Kier alpha value is -2.98. The minimum absolute atomic E-state index is 0.103. The molecule has 8 nitrogen and oxygen atoms in total. The highest BCUT2D eigenvalue weighted by molar-refractivity contribution is 7.89. The van der Waals surface area contributed by atoms with E-state index in [0.29, 0.717) is 24.6 Å². The quantitative estimate of drug-likeness (QED) is 0.480. The summed E-state index contributed by atoms with van der Waals surface area (Å²) in [4.78, 5) is 6.45. The van der Waals surface area contributed by atoms with Crippen molar-refractivity contribution < 1.29 is 23.0 Å². The van der Waals surface area contributed by atoms with Crippen molar-refractivity contribution in [1.82, 2.24) is 14.2 Å². The number of pyridine rings is 1. The molecule has 3 atom stereocenters. The molecule has 3 aromatic rings. The molecule has 9 heteroatoms. The Morgan fingerprint density at radius 2 is 1.97 bits per heavy atom. The number of likely N-dealkylation sites (N-methyl/N-ethyl adjacent to an activating group) is 1. The molecular formula is C28H35N3O5S. The molecule has 0 bridgehead atoms. The molecule has 0 amide bonds. The van der Waals surface area contributed by atoms with E-state index in [1.54, 1.807) is 38.4 Å². The lowest BCUT2D eigenvalue weighted by molar-refractivity contribution is 0.0734. The van der Waals surface area contributed by atoms with E-state index in [2.05, 4.69) is 9.88 Å². The Morgan fingerprint density at radius 3 is 2.68 bits per heavy atom. The molecule has 37 heavy (non-hydrogen) atoms. The van der Waals surface area contributed by atoms with Crippen LogP contribution >= 0.6 is 0 Å². The van der Waals surface area contributed by atoms with Gasteiger partial charge in [-0.25, -0.2) is 8.42 Å². The fraction of sp³-hybridized carbons (Fsp3) is 0.393. The van der Waals surface area contributed by atoms with Gasteiger partial charge in [0.25, 0.3) is 0 Å². The Kier molecular flexibility index (Phi) is 8.49. The number of hydrogen-bond acceptors (Lipinski definition) is 7. The van der Waals surface area contributed by atoms with E-state index < -0.39 is 16.1 Å². The summed E-state index contributed by atoms with van der Waals surface area (Å²) in [7, 11) is -0.272. The second kappa shape index (κ2) is 11.6. The third-order valence-corrected chi connectivity index (χ3v) is 8.76. The summed E-state index contributed by atoms with van der Waals surface area (Å²) in [5.74, 6) is 0.889. The summed E-state index contributed by atoms with van der Waals surface area (Å²) >= 11 is 0. The van der Waals surface area contributed by atoms with Crippen LogP contribution in [0.5, 0.6) is 11.5 Å². The van der Waals surface area contributed by atoms with E-state index in [1.807, 2.05) is 56.6 Å². The van der Waals surface area contributed by atoms with Gasteiger partial charge >= 0.3 is 0 Å². The first-order valence-electron chi connectivity index (χ1n) is 12.4. The van der Waals surface area contributed by atoms with Gasteiger partial charge in [0.1, 0.15) is 22.5 Å². The highest BCUT2D eigenvalue weighted by Crippen LogP contribution is 2.37. The molecule has 0 aliphatic carbocycles. The molecule has 1 aromatic heterocycles. The monoisotopic (exact) mass is 525 g/mol. The Balaban J connectivity index is 1.73. The molecule has 1 aliphatic heterocycles. The average Bonchev–Trinajstić information content (AvgIpc) is 2.90. The van der Waals surface area contributed by atoms with E-state index in [-0.39, 0.29) is 30.1 Å². The average molecular weight is 526 g/mol. The molecule has 198 valence electrons. The first-order valence-corrected chi connectivity index (χ1v) is 13.8. The zero-order valence-corrected chi connectivity index (χ0v) is 22.6. The molecule has 4 rings (SSSR count). The molecule has 1 aliphatic rings. The van der Waals surface area contributed by atoms with Gasteiger partial charge in [-0.2, -0.15) is 4.31 Å². The Bertz CT molecular complexity index is 1300. The number of sulfonamides is 1. The number of ether oxygens (including phenoxy) is 2. The molecular weight excluding hydrogens is 490 g/mol. The summed E-state index contributed by atoms with van der Waals surface area (Å²) in [5.41, 5.74) is 2.80. The third kappa shape index (κ3) is 6.13. The van der Waals surface area contributed by atoms with E-state index in [0.717, 1.165) is 16.7 Å². The number of methoxy groups -OCH3 is 1. The molecule has 0 fully saturated rings. The summed E-state index contributed by atoms with van der Waals surface area (Å²) in [6, 6.07) is 16.2. The lowest BCUT2D eigenvalue weighted by Crippen LogP contribution is -2.49. The van der Waals surface area contributed by atoms with Crippen LogP contribution in [0.3, 0.4) is 0 Å². The number of nitrogens with zero attached hydrogens (tertiary/aromatic N) is 3.